The van der Waals surface area contributed by atoms with Gasteiger partial charge in [-0.1, -0.05) is 0 Å². The molecule has 38 nitrogen and oxygen atoms in total. The van der Waals surface area contributed by atoms with Crippen molar-refractivity contribution in [2.75, 3.05) is 92.5 Å². The van der Waals surface area contributed by atoms with Crippen molar-refractivity contribution in [3.05, 3.63) is 0 Å². The van der Waals surface area contributed by atoms with E-state index in [1.165, 1.54) is 0 Å². The van der Waals surface area contributed by atoms with E-state index in [9.17, 15) is 33.6 Å². The molecule has 0 heterocycles. The van der Waals surface area contributed by atoms with Crippen molar-refractivity contribution in [2.45, 2.75) is 104 Å². The molecule has 17 unspecified atom stereocenters. The van der Waals surface area contributed by atoms with E-state index in [0.717, 1.165) is 0 Å². The summed E-state index contributed by atoms with van der Waals surface area (Å²) in [6.07, 6.45) is -28.7. The maximum Gasteiger partial charge on any atom is 0.189 e. The highest BCUT2D eigenvalue weighted by Crippen LogP contribution is 2.04. The molecule has 0 bridgehead atoms. The first kappa shape index (κ1) is 86.3. The van der Waals surface area contributed by atoms with Crippen LogP contribution in [-0.2, 0) is 33.6 Å². The van der Waals surface area contributed by atoms with Crippen LogP contribution in [0.5, 0.6) is 0 Å². The molecule has 0 radical (unpaired) electrons. The fraction of sp³-hybridized carbons (Fsp3) is 0.816. The monoisotopic (exact) mass is 1140 g/mol. The quantitative estimate of drug-likeness (QED) is 0.0306. The lowest BCUT2D eigenvalue weighted by molar-refractivity contribution is -0.143. The van der Waals surface area contributed by atoms with Gasteiger partial charge in [-0.25, -0.2) is 0 Å². The predicted molar refractivity (Wildman–Crippen MR) is 236 cm³/mol. The number of rotatable bonds is 31. The molecule has 0 amide bonds. The second kappa shape index (κ2) is 52.2. The first-order valence-electron chi connectivity index (χ1n) is 20.9. The molecule has 0 aromatic heterocycles. The Hall–Kier alpha value is -3.55. The molecular weight excluding hydrogens is 1060 g/mol. The van der Waals surface area contributed by atoms with Gasteiger partial charge in [-0.2, -0.15) is 0 Å². The molecule has 17 atom stereocenters. The van der Waals surface area contributed by atoms with Crippen LogP contribution in [0.15, 0.2) is 0 Å². The third-order valence-corrected chi connectivity index (χ3v) is 8.34. The highest BCUT2D eigenvalue weighted by atomic mass is 16.4. The Labute approximate surface area is 428 Å². The molecule has 456 valence electrons. The highest BCUT2D eigenvalue weighted by Gasteiger charge is 2.32. The van der Waals surface area contributed by atoms with Crippen molar-refractivity contribution in [3.8, 4) is 0 Å². The van der Waals surface area contributed by atoms with E-state index in [2.05, 4.69) is 0 Å². The Morgan fingerprint density at radius 1 is 0.197 bits per heavy atom. The highest BCUT2D eigenvalue weighted by molar-refractivity contribution is 5.86. The fourth-order valence-corrected chi connectivity index (χ4v) is 3.43. The van der Waals surface area contributed by atoms with Crippen molar-refractivity contribution in [1.29, 1.82) is 0 Å². The summed E-state index contributed by atoms with van der Waals surface area (Å²) in [7, 11) is 0. The normalized spacial score (nSPS) is 17.4. The molecule has 0 saturated carbocycles. The topological polar surface area (TPSA) is 747 Å². The smallest absolute Gasteiger partial charge is 0.189 e. The lowest BCUT2D eigenvalue weighted by atomic mass is 10.1. The van der Waals surface area contributed by atoms with Gasteiger partial charge in [0.1, 0.15) is 150 Å². The minimum absolute atomic E-state index is 0.626. The summed E-state index contributed by atoms with van der Waals surface area (Å²) in [6, 6.07) is 0. The second-order valence-corrected chi connectivity index (χ2v) is 14.2. The van der Waals surface area contributed by atoms with E-state index in [1.54, 1.807) is 0 Å². The Morgan fingerprint density at radius 2 is 0.342 bits per heavy atom. The molecule has 0 spiro atoms. The maximum atomic E-state index is 10.5. The zero-order chi connectivity index (χ0) is 61.8. The van der Waals surface area contributed by atoms with E-state index in [4.69, 9.17) is 158 Å². The summed E-state index contributed by atoms with van der Waals surface area (Å²) in [5.41, 5.74) is 0. The van der Waals surface area contributed by atoms with Crippen LogP contribution in [-0.4, -0.2) is 395 Å². The van der Waals surface area contributed by atoms with Crippen molar-refractivity contribution in [2.24, 2.45) is 0 Å². The summed E-state index contributed by atoms with van der Waals surface area (Å²) in [5, 5.41) is 264. The van der Waals surface area contributed by atoms with Crippen LogP contribution in [0.2, 0.25) is 0 Å². The summed E-state index contributed by atoms with van der Waals surface area (Å²) in [4.78, 5) is 72.8. The average Bonchev–Trinajstić information content (AvgIpc) is 3.46. The number of hydrogen-bond donors (Lipinski definition) is 31. The van der Waals surface area contributed by atoms with Crippen LogP contribution in [0.25, 0.3) is 0 Å². The van der Waals surface area contributed by atoms with Crippen molar-refractivity contribution < 1.29 is 192 Å². The molecule has 0 rings (SSSR count). The number of carbonyl (C=O) groups is 7. The van der Waals surface area contributed by atoms with Crippen LogP contribution in [0.4, 0.5) is 0 Å². The molecular formula is C38H76O38. The summed E-state index contributed by atoms with van der Waals surface area (Å²) in [5.74, 6) is -6.58. The predicted octanol–water partition coefficient (Wildman–Crippen LogP) is -21.1. The minimum Gasteiger partial charge on any atom is -0.394 e. The van der Waals surface area contributed by atoms with Gasteiger partial charge in [0.15, 0.2) is 40.5 Å². The molecule has 0 aromatic rings. The van der Waals surface area contributed by atoms with Gasteiger partial charge in [0.2, 0.25) is 0 Å². The lowest BCUT2D eigenvalue weighted by Crippen LogP contribution is -2.44. The maximum absolute atomic E-state index is 10.5. The van der Waals surface area contributed by atoms with Gasteiger partial charge in [0.25, 0.3) is 0 Å². The molecule has 0 saturated heterocycles. The van der Waals surface area contributed by atoms with Gasteiger partial charge in [-0.05, 0) is 0 Å². The molecule has 31 N–H and O–H groups in total. The number of hydrogen-bond acceptors (Lipinski definition) is 38. The minimum atomic E-state index is -1.86. The number of ketones is 7. The van der Waals surface area contributed by atoms with Gasteiger partial charge >= 0.3 is 0 Å². The third kappa shape index (κ3) is 39.8. The number of aliphatic hydroxyl groups excluding tert-OH is 31. The zero-order valence-electron chi connectivity index (χ0n) is 39.9. The lowest BCUT2D eigenvalue weighted by Gasteiger charge is -2.19. The second-order valence-electron chi connectivity index (χ2n) is 14.2. The summed E-state index contributed by atoms with van der Waals surface area (Å²) in [6.45, 7) is -11.2. The van der Waals surface area contributed by atoms with E-state index in [1.807, 2.05) is 0 Å². The van der Waals surface area contributed by atoms with Crippen LogP contribution < -0.4 is 0 Å². The number of Topliss-reactive ketones (excluding diaryl/α,β-unsaturated/α-hetero) is 7. The average molecular weight is 1140 g/mol. The largest absolute Gasteiger partial charge is 0.394 e. The van der Waals surface area contributed by atoms with Crippen molar-refractivity contribution in [3.63, 3.8) is 0 Å². The standard InChI is InChI=1S/4C6H12O6.2C5H10O5.C4H8O4/c4*7-1-3(9)5(11)6(12)4(10)2-8;2*6-1-3(8)5(10)4(9)2-7;5-1-3(7)4(8)2-6/h4*3,5-9,11-12H,1-2H2;2*3,5-8,10H,1-2H2;3,5-7H,1-2H2. The van der Waals surface area contributed by atoms with E-state index < -0.39 is 237 Å². The Bertz CT molecular complexity index is 1330. The first-order chi connectivity index (χ1) is 35.1. The Kier molecular flexibility index (Phi) is 59.3. The molecule has 76 heavy (non-hydrogen) atoms. The molecule has 0 aromatic carbocycles. The van der Waals surface area contributed by atoms with Crippen LogP contribution in [0.1, 0.15) is 0 Å². The summed E-state index contributed by atoms with van der Waals surface area (Å²) >= 11 is 0. The van der Waals surface area contributed by atoms with Gasteiger partial charge in [-0.3, -0.25) is 33.6 Å². The van der Waals surface area contributed by atoms with Gasteiger partial charge < -0.3 is 158 Å². The first-order valence-corrected chi connectivity index (χ1v) is 20.9. The van der Waals surface area contributed by atoms with Gasteiger partial charge in [-0.15, -0.1) is 0 Å². The van der Waals surface area contributed by atoms with Crippen LogP contribution in [0, 0.1) is 0 Å². The molecule has 0 aliphatic carbocycles. The van der Waals surface area contributed by atoms with E-state index in [-0.39, 0.29) is 0 Å². The van der Waals surface area contributed by atoms with Gasteiger partial charge in [0.05, 0.1) is 46.2 Å². The number of aliphatic hydroxyl groups is 31. The molecule has 0 aliphatic rings. The summed E-state index contributed by atoms with van der Waals surface area (Å²) < 4.78 is 0. The third-order valence-electron chi connectivity index (χ3n) is 8.34. The van der Waals surface area contributed by atoms with Crippen molar-refractivity contribution >= 4 is 40.5 Å². The van der Waals surface area contributed by atoms with Crippen LogP contribution in [0.3, 0.4) is 0 Å². The Morgan fingerprint density at radius 3 is 0.447 bits per heavy atom. The van der Waals surface area contributed by atoms with E-state index in [0.29, 0.717) is 0 Å². The fourth-order valence-electron chi connectivity index (χ4n) is 3.43. The number of carbonyl (C=O) groups excluding carboxylic acids is 7. The molecule has 0 fully saturated rings. The Balaban J connectivity index is -0.000000147. The van der Waals surface area contributed by atoms with Crippen LogP contribution >= 0.6 is 0 Å². The van der Waals surface area contributed by atoms with Gasteiger partial charge in [0, 0.05) is 0 Å². The molecule has 0 aliphatic heterocycles. The van der Waals surface area contributed by atoms with E-state index >= 15 is 0 Å². The molecule has 38 heteroatoms. The SMILES string of the molecule is O=C(CO)C(O)C(O)C(O)CO.O=C(CO)C(O)C(O)C(O)CO.O=C(CO)C(O)C(O)C(O)CO.O=C(CO)C(O)C(O)C(O)CO.O=C(CO)C(O)C(O)CO.O=C(CO)C(O)C(O)CO.O=C(CO)C(O)CO. The zero-order valence-corrected chi connectivity index (χ0v) is 39.9. The van der Waals surface area contributed by atoms with Crippen molar-refractivity contribution in [1.82, 2.24) is 0 Å².